The lowest BCUT2D eigenvalue weighted by molar-refractivity contribution is 0.221. The van der Waals surface area contributed by atoms with Crippen LogP contribution in [-0.2, 0) is 6.54 Å². The molecule has 3 nitrogen and oxygen atoms in total. The molecule has 0 saturated carbocycles. The fourth-order valence-corrected chi connectivity index (χ4v) is 3.44. The Balaban J connectivity index is 1.80. The van der Waals surface area contributed by atoms with Gasteiger partial charge in [-0.1, -0.05) is 22.4 Å². The van der Waals surface area contributed by atoms with Crippen molar-refractivity contribution >= 4 is 39.2 Å². The third-order valence-electron chi connectivity index (χ3n) is 3.82. The average Bonchev–Trinajstić information content (AvgIpc) is 2.72. The van der Waals surface area contributed by atoms with Crippen molar-refractivity contribution < 1.29 is 0 Å². The molecule has 1 aromatic heterocycles. The molecule has 0 bridgehead atoms. The fraction of sp³-hybridized carbons (Fsp3) is 0.500. The molecule has 2 aromatic rings. The fourth-order valence-electron chi connectivity index (χ4n) is 2.78. The zero-order chi connectivity index (χ0) is 13.2. The molecule has 3 rings (SSSR count). The number of hydrogen-bond acceptors (Lipinski definition) is 2. The Bertz CT molecular complexity index is 625. The number of benzene rings is 1. The van der Waals surface area contributed by atoms with E-state index in [-0.39, 0.29) is 0 Å². The van der Waals surface area contributed by atoms with Crippen LogP contribution in [0.1, 0.15) is 19.3 Å². The first kappa shape index (κ1) is 13.3. The Morgan fingerprint density at radius 3 is 2.74 bits per heavy atom. The summed E-state index contributed by atoms with van der Waals surface area (Å²) in [6.45, 7) is 4.54. The molecule has 102 valence electrons. The van der Waals surface area contributed by atoms with Gasteiger partial charge in [0.05, 0.1) is 11.0 Å². The smallest absolute Gasteiger partial charge is 0.178 e. The predicted molar refractivity (Wildman–Crippen MR) is 85.1 cm³/mol. The van der Waals surface area contributed by atoms with E-state index in [2.05, 4.69) is 48.6 Å². The summed E-state index contributed by atoms with van der Waals surface area (Å²) in [6.07, 6.45) is 4.06. The molecule has 1 aliphatic rings. The van der Waals surface area contributed by atoms with Gasteiger partial charge in [0.1, 0.15) is 0 Å². The first-order valence-electron chi connectivity index (χ1n) is 6.84. The number of hydrogen-bond donors (Lipinski definition) is 1. The topological polar surface area (TPSA) is 24.0 Å². The Labute approximate surface area is 126 Å². The molecule has 1 fully saturated rings. The Morgan fingerprint density at radius 1 is 1.16 bits per heavy atom. The molecule has 19 heavy (non-hydrogen) atoms. The molecule has 1 aliphatic heterocycles. The first-order valence-corrected chi connectivity index (χ1v) is 8.04. The molecule has 2 heterocycles. The molecule has 0 unspecified atom stereocenters. The number of likely N-dealkylation sites (tertiary alicyclic amines) is 1. The second-order valence-corrected chi connectivity index (χ2v) is 6.45. The van der Waals surface area contributed by atoms with Crippen LogP contribution in [0.2, 0.25) is 0 Å². The van der Waals surface area contributed by atoms with Gasteiger partial charge < -0.3 is 14.5 Å². The summed E-state index contributed by atoms with van der Waals surface area (Å²) in [5.74, 6) is 0. The minimum Gasteiger partial charge on any atom is -0.331 e. The summed E-state index contributed by atoms with van der Waals surface area (Å²) < 4.78 is 4.12. The van der Waals surface area contributed by atoms with Crippen LogP contribution in [0.15, 0.2) is 22.7 Å². The molecule has 0 radical (unpaired) electrons. The minimum absolute atomic E-state index is 0.824. The Morgan fingerprint density at radius 2 is 1.95 bits per heavy atom. The molecule has 1 saturated heterocycles. The van der Waals surface area contributed by atoms with Crippen molar-refractivity contribution in [2.45, 2.75) is 25.8 Å². The highest BCUT2D eigenvalue weighted by molar-refractivity contribution is 9.10. The van der Waals surface area contributed by atoms with E-state index in [9.17, 15) is 0 Å². The minimum atomic E-state index is 0.824. The second kappa shape index (κ2) is 5.77. The van der Waals surface area contributed by atoms with Crippen LogP contribution in [0.4, 0.5) is 0 Å². The molecule has 0 atom stereocenters. The number of aromatic amines is 1. The van der Waals surface area contributed by atoms with Gasteiger partial charge in [0.2, 0.25) is 0 Å². The van der Waals surface area contributed by atoms with E-state index in [4.69, 9.17) is 12.2 Å². The van der Waals surface area contributed by atoms with Gasteiger partial charge in [0, 0.05) is 17.6 Å². The number of aromatic nitrogens is 2. The number of H-pyrrole nitrogens is 1. The van der Waals surface area contributed by atoms with E-state index < -0.39 is 0 Å². The highest BCUT2D eigenvalue weighted by Crippen LogP contribution is 2.19. The van der Waals surface area contributed by atoms with Crippen LogP contribution < -0.4 is 0 Å². The number of rotatable bonds is 3. The first-order chi connectivity index (χ1) is 9.24. The van der Waals surface area contributed by atoms with Gasteiger partial charge in [0.15, 0.2) is 4.77 Å². The lowest BCUT2D eigenvalue weighted by Crippen LogP contribution is -2.32. The maximum Gasteiger partial charge on any atom is 0.178 e. The molecule has 0 amide bonds. The lowest BCUT2D eigenvalue weighted by atomic mass is 10.1. The zero-order valence-corrected chi connectivity index (χ0v) is 13.3. The van der Waals surface area contributed by atoms with Crippen LogP contribution in [0, 0.1) is 4.77 Å². The third kappa shape index (κ3) is 2.93. The van der Waals surface area contributed by atoms with Crippen molar-refractivity contribution in [1.82, 2.24) is 14.5 Å². The van der Waals surface area contributed by atoms with Crippen LogP contribution >= 0.6 is 28.1 Å². The SMILES string of the molecule is S=c1[nH]c2cc(Br)ccc2n1CCN1CCCCC1. The summed E-state index contributed by atoms with van der Waals surface area (Å²) in [4.78, 5) is 5.83. The van der Waals surface area contributed by atoms with Gasteiger partial charge in [-0.25, -0.2) is 0 Å². The van der Waals surface area contributed by atoms with Crippen molar-refractivity contribution in [2.24, 2.45) is 0 Å². The Kier molecular flexibility index (Phi) is 4.05. The zero-order valence-electron chi connectivity index (χ0n) is 10.9. The number of imidazole rings is 1. The standard InChI is InChI=1S/C14H18BrN3S/c15-11-4-5-13-12(10-11)16-14(19)18(13)9-8-17-6-2-1-3-7-17/h4-5,10H,1-3,6-9H2,(H,16,19). The van der Waals surface area contributed by atoms with Gasteiger partial charge in [-0.05, 0) is 56.3 Å². The van der Waals surface area contributed by atoms with Gasteiger partial charge in [-0.3, -0.25) is 0 Å². The third-order valence-corrected chi connectivity index (χ3v) is 4.64. The number of nitrogens with zero attached hydrogens (tertiary/aromatic N) is 2. The van der Waals surface area contributed by atoms with Crippen LogP contribution in [-0.4, -0.2) is 34.1 Å². The quantitative estimate of drug-likeness (QED) is 0.856. The van der Waals surface area contributed by atoms with Crippen molar-refractivity contribution in [2.75, 3.05) is 19.6 Å². The van der Waals surface area contributed by atoms with Gasteiger partial charge in [0.25, 0.3) is 0 Å². The highest BCUT2D eigenvalue weighted by atomic mass is 79.9. The van der Waals surface area contributed by atoms with Crippen molar-refractivity contribution in [3.8, 4) is 0 Å². The molecule has 1 N–H and O–H groups in total. The normalized spacial score (nSPS) is 17.1. The molecule has 0 aliphatic carbocycles. The summed E-state index contributed by atoms with van der Waals surface area (Å²) in [5.41, 5.74) is 2.31. The monoisotopic (exact) mass is 339 g/mol. The molecule has 1 aromatic carbocycles. The second-order valence-electron chi connectivity index (χ2n) is 5.15. The van der Waals surface area contributed by atoms with Gasteiger partial charge in [-0.15, -0.1) is 0 Å². The van der Waals surface area contributed by atoms with Crippen LogP contribution in [0.3, 0.4) is 0 Å². The van der Waals surface area contributed by atoms with E-state index in [1.807, 2.05) is 0 Å². The molecule has 5 heteroatoms. The molecular formula is C14H18BrN3S. The average molecular weight is 340 g/mol. The molecular weight excluding hydrogens is 322 g/mol. The van der Waals surface area contributed by atoms with E-state index >= 15 is 0 Å². The van der Waals surface area contributed by atoms with Gasteiger partial charge >= 0.3 is 0 Å². The van der Waals surface area contributed by atoms with Crippen molar-refractivity contribution in [3.05, 3.63) is 27.4 Å². The summed E-state index contributed by atoms with van der Waals surface area (Å²) >= 11 is 8.93. The Hall–Kier alpha value is -0.650. The number of piperidine rings is 1. The summed E-state index contributed by atoms with van der Waals surface area (Å²) in [7, 11) is 0. The number of fused-ring (bicyclic) bond motifs is 1. The number of nitrogens with one attached hydrogen (secondary N) is 1. The van der Waals surface area contributed by atoms with Crippen LogP contribution in [0.5, 0.6) is 0 Å². The summed E-state index contributed by atoms with van der Waals surface area (Å²) in [5, 5.41) is 0. The van der Waals surface area contributed by atoms with E-state index in [0.29, 0.717) is 0 Å². The maximum atomic E-state index is 5.44. The van der Waals surface area contributed by atoms with Gasteiger partial charge in [-0.2, -0.15) is 0 Å². The van der Waals surface area contributed by atoms with Crippen LogP contribution in [0.25, 0.3) is 11.0 Å². The van der Waals surface area contributed by atoms with E-state index in [1.54, 1.807) is 0 Å². The van der Waals surface area contributed by atoms with Crippen molar-refractivity contribution in [1.29, 1.82) is 0 Å². The highest BCUT2D eigenvalue weighted by Gasteiger charge is 2.11. The van der Waals surface area contributed by atoms with E-state index in [0.717, 1.165) is 27.8 Å². The molecule has 0 spiro atoms. The summed E-state index contributed by atoms with van der Waals surface area (Å²) in [6, 6.07) is 6.28. The largest absolute Gasteiger partial charge is 0.331 e. The lowest BCUT2D eigenvalue weighted by Gasteiger charge is -2.26. The van der Waals surface area contributed by atoms with E-state index in [1.165, 1.54) is 37.9 Å². The van der Waals surface area contributed by atoms with Crippen molar-refractivity contribution in [3.63, 3.8) is 0 Å². The number of halogens is 1. The predicted octanol–water partition coefficient (Wildman–Crippen LogP) is 3.95. The maximum absolute atomic E-state index is 5.44.